The van der Waals surface area contributed by atoms with Gasteiger partial charge in [-0.2, -0.15) is 0 Å². The third kappa shape index (κ3) is 7.31. The Hall–Kier alpha value is -0.650. The predicted molar refractivity (Wildman–Crippen MR) is 67.7 cm³/mol. The quantitative estimate of drug-likeness (QED) is 0.582. The molecule has 1 amide bonds. The molecule has 0 rings (SSSR count). The molecule has 3 N–H and O–H groups in total. The maximum Gasteiger partial charge on any atom is 0.237 e. The van der Waals surface area contributed by atoms with Crippen molar-refractivity contribution in [3.63, 3.8) is 0 Å². The Morgan fingerprint density at radius 3 is 2.41 bits per heavy atom. The first-order chi connectivity index (χ1) is 8.02. The van der Waals surface area contributed by atoms with Crippen molar-refractivity contribution < 1.29 is 14.3 Å². The van der Waals surface area contributed by atoms with Crippen LogP contribution in [0.2, 0.25) is 0 Å². The molecule has 0 saturated heterocycles. The molecule has 0 radical (unpaired) electrons. The van der Waals surface area contributed by atoms with Gasteiger partial charge in [-0.25, -0.2) is 0 Å². The second-order valence-electron chi connectivity index (χ2n) is 4.56. The lowest BCUT2D eigenvalue weighted by Crippen LogP contribution is -2.49. The number of nitrogens with one attached hydrogen (secondary N) is 1. The van der Waals surface area contributed by atoms with Crippen LogP contribution in [0.1, 0.15) is 26.7 Å². The van der Waals surface area contributed by atoms with Crippen LogP contribution in [0.15, 0.2) is 0 Å². The lowest BCUT2D eigenvalue weighted by atomic mass is 10.0. The standard InChI is InChI=1S/C12H26N2O3/c1-9(2)11(8-17-4)14-12(15)10(13)6-5-7-16-3/h9-11H,5-8,13H2,1-4H3,(H,14,15). The van der Waals surface area contributed by atoms with Crippen molar-refractivity contribution in [1.82, 2.24) is 5.32 Å². The van der Waals surface area contributed by atoms with E-state index in [0.29, 0.717) is 25.6 Å². The highest BCUT2D eigenvalue weighted by Crippen LogP contribution is 2.03. The summed E-state index contributed by atoms with van der Waals surface area (Å²) in [6.45, 7) is 5.22. The van der Waals surface area contributed by atoms with Crippen molar-refractivity contribution in [1.29, 1.82) is 0 Å². The van der Waals surface area contributed by atoms with Crippen LogP contribution in [0, 0.1) is 5.92 Å². The van der Waals surface area contributed by atoms with E-state index in [-0.39, 0.29) is 11.9 Å². The third-order valence-electron chi connectivity index (χ3n) is 2.68. The first-order valence-electron chi connectivity index (χ1n) is 6.06. The van der Waals surface area contributed by atoms with Crippen LogP contribution in [-0.2, 0) is 14.3 Å². The summed E-state index contributed by atoms with van der Waals surface area (Å²) in [4.78, 5) is 11.8. The zero-order valence-electron chi connectivity index (χ0n) is 11.4. The van der Waals surface area contributed by atoms with Crippen LogP contribution in [0.3, 0.4) is 0 Å². The molecule has 17 heavy (non-hydrogen) atoms. The van der Waals surface area contributed by atoms with E-state index in [4.69, 9.17) is 15.2 Å². The first-order valence-corrected chi connectivity index (χ1v) is 6.06. The van der Waals surface area contributed by atoms with Crippen LogP contribution in [0.25, 0.3) is 0 Å². The molecular weight excluding hydrogens is 220 g/mol. The molecule has 0 aliphatic heterocycles. The molecule has 0 saturated carbocycles. The lowest BCUT2D eigenvalue weighted by molar-refractivity contribution is -0.124. The van der Waals surface area contributed by atoms with Gasteiger partial charge in [0.05, 0.1) is 18.7 Å². The van der Waals surface area contributed by atoms with E-state index in [9.17, 15) is 4.79 Å². The molecule has 0 spiro atoms. The normalized spacial score (nSPS) is 14.7. The van der Waals surface area contributed by atoms with Gasteiger partial charge in [-0.3, -0.25) is 4.79 Å². The Balaban J connectivity index is 4.02. The van der Waals surface area contributed by atoms with Crippen molar-refractivity contribution in [2.24, 2.45) is 11.7 Å². The minimum atomic E-state index is -0.469. The van der Waals surface area contributed by atoms with Crippen molar-refractivity contribution in [2.45, 2.75) is 38.8 Å². The number of nitrogens with two attached hydrogens (primary N) is 1. The van der Waals surface area contributed by atoms with E-state index in [0.717, 1.165) is 6.42 Å². The molecule has 0 heterocycles. The molecule has 2 unspecified atom stereocenters. The molecule has 102 valence electrons. The van der Waals surface area contributed by atoms with E-state index < -0.39 is 6.04 Å². The second-order valence-corrected chi connectivity index (χ2v) is 4.56. The van der Waals surface area contributed by atoms with Crippen LogP contribution in [0.5, 0.6) is 0 Å². The highest BCUT2D eigenvalue weighted by molar-refractivity contribution is 5.81. The number of ether oxygens (including phenoxy) is 2. The molecule has 2 atom stereocenters. The number of amides is 1. The van der Waals surface area contributed by atoms with Crippen molar-refractivity contribution in [2.75, 3.05) is 27.4 Å². The van der Waals surface area contributed by atoms with Gasteiger partial charge in [-0.15, -0.1) is 0 Å². The SMILES string of the molecule is COCCCC(N)C(=O)NC(COC)C(C)C. The summed E-state index contributed by atoms with van der Waals surface area (Å²) in [6.07, 6.45) is 1.43. The third-order valence-corrected chi connectivity index (χ3v) is 2.68. The van der Waals surface area contributed by atoms with Crippen molar-refractivity contribution >= 4 is 5.91 Å². The highest BCUT2D eigenvalue weighted by Gasteiger charge is 2.19. The number of hydrogen-bond donors (Lipinski definition) is 2. The maximum absolute atomic E-state index is 11.8. The van der Waals surface area contributed by atoms with E-state index in [1.165, 1.54) is 0 Å². The van der Waals surface area contributed by atoms with Crippen molar-refractivity contribution in [3.8, 4) is 0 Å². The highest BCUT2D eigenvalue weighted by atomic mass is 16.5. The Kier molecular flexibility index (Phi) is 9.03. The first kappa shape index (κ1) is 16.4. The van der Waals surface area contributed by atoms with E-state index in [2.05, 4.69) is 5.32 Å². The van der Waals surface area contributed by atoms with Gasteiger partial charge < -0.3 is 20.5 Å². The summed E-state index contributed by atoms with van der Waals surface area (Å²) in [5, 5.41) is 2.91. The predicted octanol–water partition coefficient (Wildman–Crippen LogP) is 0.528. The second kappa shape index (κ2) is 9.39. The summed E-state index contributed by atoms with van der Waals surface area (Å²) < 4.78 is 9.99. The summed E-state index contributed by atoms with van der Waals surface area (Å²) in [5.74, 6) is 0.210. The summed E-state index contributed by atoms with van der Waals surface area (Å²) in [5.41, 5.74) is 5.79. The van der Waals surface area contributed by atoms with Crippen molar-refractivity contribution in [3.05, 3.63) is 0 Å². The molecule has 5 nitrogen and oxygen atoms in total. The van der Waals surface area contributed by atoms with Crippen LogP contribution >= 0.6 is 0 Å². The van der Waals surface area contributed by atoms with E-state index in [1.54, 1.807) is 14.2 Å². The molecule has 0 aromatic carbocycles. The van der Waals surface area contributed by atoms with E-state index >= 15 is 0 Å². The minimum absolute atomic E-state index is 0.0148. The molecule has 0 aromatic heterocycles. The van der Waals surface area contributed by atoms with Gasteiger partial charge in [0.15, 0.2) is 0 Å². The van der Waals surface area contributed by atoms with Gasteiger partial charge in [0.1, 0.15) is 0 Å². The largest absolute Gasteiger partial charge is 0.385 e. The number of carbonyl (C=O) groups excluding carboxylic acids is 1. The average molecular weight is 246 g/mol. The maximum atomic E-state index is 11.8. The fourth-order valence-corrected chi connectivity index (χ4v) is 1.45. The average Bonchev–Trinajstić information content (AvgIpc) is 2.28. The number of methoxy groups -OCH3 is 2. The number of hydrogen-bond acceptors (Lipinski definition) is 4. The number of carbonyl (C=O) groups is 1. The van der Waals surface area contributed by atoms with Gasteiger partial charge in [-0.1, -0.05) is 13.8 Å². The topological polar surface area (TPSA) is 73.6 Å². The zero-order chi connectivity index (χ0) is 13.3. The summed E-state index contributed by atoms with van der Waals surface area (Å²) in [7, 11) is 3.26. The van der Waals surface area contributed by atoms with Gasteiger partial charge >= 0.3 is 0 Å². The number of rotatable bonds is 9. The Bertz CT molecular complexity index is 210. The fourth-order valence-electron chi connectivity index (χ4n) is 1.45. The lowest BCUT2D eigenvalue weighted by Gasteiger charge is -2.23. The Labute approximate surface area is 104 Å². The molecule has 0 aliphatic carbocycles. The zero-order valence-corrected chi connectivity index (χ0v) is 11.4. The van der Waals surface area contributed by atoms with E-state index in [1.807, 2.05) is 13.8 Å². The van der Waals surface area contributed by atoms with Crippen LogP contribution in [-0.4, -0.2) is 45.4 Å². The van der Waals surface area contributed by atoms with Crippen LogP contribution < -0.4 is 11.1 Å². The Morgan fingerprint density at radius 2 is 1.94 bits per heavy atom. The fraction of sp³-hybridized carbons (Fsp3) is 0.917. The molecule has 0 aliphatic rings. The molecule has 0 bridgehead atoms. The molecule has 5 heteroatoms. The summed E-state index contributed by atoms with van der Waals surface area (Å²) in [6, 6.07) is -0.454. The molecular formula is C12H26N2O3. The minimum Gasteiger partial charge on any atom is -0.385 e. The summed E-state index contributed by atoms with van der Waals surface area (Å²) >= 11 is 0. The Morgan fingerprint density at radius 1 is 1.29 bits per heavy atom. The van der Waals surface area contributed by atoms with Gasteiger partial charge in [0, 0.05) is 20.8 Å². The van der Waals surface area contributed by atoms with Crippen LogP contribution in [0.4, 0.5) is 0 Å². The molecule has 0 aromatic rings. The smallest absolute Gasteiger partial charge is 0.237 e. The van der Waals surface area contributed by atoms with Gasteiger partial charge in [-0.05, 0) is 18.8 Å². The molecule has 0 fully saturated rings. The monoisotopic (exact) mass is 246 g/mol. The van der Waals surface area contributed by atoms with Gasteiger partial charge in [0.25, 0.3) is 0 Å². The van der Waals surface area contributed by atoms with Gasteiger partial charge in [0.2, 0.25) is 5.91 Å².